The Kier molecular flexibility index (Phi) is 3.42. The van der Waals surface area contributed by atoms with Crippen LogP contribution in [0.1, 0.15) is 36.8 Å². The zero-order valence-corrected chi connectivity index (χ0v) is 10.3. The number of halogens is 4. The monoisotopic (exact) mass is 279 g/mol. The fourth-order valence-corrected chi connectivity index (χ4v) is 2.14. The number of aliphatic hydroxyl groups is 1. The maximum absolute atomic E-state index is 13.5. The molecule has 2 rings (SSSR count). The molecule has 1 aliphatic carbocycles. The van der Waals surface area contributed by atoms with Crippen molar-refractivity contribution in [2.75, 3.05) is 0 Å². The van der Waals surface area contributed by atoms with Crippen LogP contribution in [0.4, 0.5) is 17.6 Å². The fourth-order valence-electron chi connectivity index (χ4n) is 2.14. The van der Waals surface area contributed by atoms with Gasteiger partial charge in [-0.1, -0.05) is 0 Å². The Labute approximate surface area is 107 Å². The summed E-state index contributed by atoms with van der Waals surface area (Å²) in [6, 6.07) is 0. The summed E-state index contributed by atoms with van der Waals surface area (Å²) in [5.41, 5.74) is -1.69. The van der Waals surface area contributed by atoms with E-state index >= 15 is 0 Å². The van der Waals surface area contributed by atoms with Crippen LogP contribution in [0.2, 0.25) is 0 Å². The first-order valence-electron chi connectivity index (χ1n) is 5.79. The maximum atomic E-state index is 13.5. The largest absolute Gasteiger partial charge is 0.489 e. The summed E-state index contributed by atoms with van der Waals surface area (Å²) in [4.78, 5) is 3.28. The molecular weight excluding hydrogens is 266 g/mol. The molecule has 0 bridgehead atoms. The minimum Gasteiger partial charge on any atom is -0.489 e. The van der Waals surface area contributed by atoms with Gasteiger partial charge in [-0.15, -0.1) is 0 Å². The molecule has 7 heteroatoms. The first-order valence-corrected chi connectivity index (χ1v) is 5.79. The van der Waals surface area contributed by atoms with E-state index in [0.29, 0.717) is 0 Å². The average Bonchev–Trinajstić information content (AvgIpc) is 2.55. The third-order valence-corrected chi connectivity index (χ3v) is 2.86. The van der Waals surface area contributed by atoms with Crippen molar-refractivity contribution in [2.24, 2.45) is 0 Å². The van der Waals surface area contributed by atoms with Crippen LogP contribution in [0, 0.1) is 0 Å². The maximum Gasteiger partial charge on any atom is 0.433 e. The molecule has 1 heterocycles. The molecule has 0 spiro atoms. The number of aliphatic hydroxyl groups excluding tert-OH is 1. The van der Waals surface area contributed by atoms with Crippen LogP contribution in [-0.4, -0.2) is 22.4 Å². The standard InChI is InChI=1S/C12H13F4NO2/c1-5(2)19-8-4-17-11(12(14,15)16)9-6(8)3-7(13)10(9)18/h4-5,7,10,18H,3H2,1-2H3/t7-,10+/m0/s1. The van der Waals surface area contributed by atoms with Crippen LogP contribution in [0.3, 0.4) is 0 Å². The minimum atomic E-state index is -4.73. The molecule has 2 atom stereocenters. The fraction of sp³-hybridized carbons (Fsp3) is 0.583. The Morgan fingerprint density at radius 2 is 2.05 bits per heavy atom. The van der Waals surface area contributed by atoms with E-state index in [1.165, 1.54) is 0 Å². The molecule has 19 heavy (non-hydrogen) atoms. The average molecular weight is 279 g/mol. The Hall–Kier alpha value is -1.37. The zero-order valence-electron chi connectivity index (χ0n) is 10.3. The van der Waals surface area contributed by atoms with Crippen LogP contribution < -0.4 is 4.74 Å². The molecule has 0 radical (unpaired) electrons. The van der Waals surface area contributed by atoms with E-state index in [0.717, 1.165) is 6.20 Å². The first-order chi connectivity index (χ1) is 8.71. The van der Waals surface area contributed by atoms with E-state index in [9.17, 15) is 22.7 Å². The third-order valence-electron chi connectivity index (χ3n) is 2.86. The summed E-state index contributed by atoms with van der Waals surface area (Å²) in [5, 5.41) is 9.58. The number of hydrogen-bond acceptors (Lipinski definition) is 3. The number of rotatable bonds is 2. The number of ether oxygens (including phenoxy) is 1. The van der Waals surface area contributed by atoms with Crippen molar-refractivity contribution in [1.29, 1.82) is 0 Å². The van der Waals surface area contributed by atoms with Gasteiger partial charge in [0.2, 0.25) is 0 Å². The molecule has 1 aliphatic rings. The smallest absolute Gasteiger partial charge is 0.433 e. The van der Waals surface area contributed by atoms with Gasteiger partial charge in [-0.25, -0.2) is 9.37 Å². The van der Waals surface area contributed by atoms with Crippen LogP contribution in [0.15, 0.2) is 6.20 Å². The highest BCUT2D eigenvalue weighted by atomic mass is 19.4. The van der Waals surface area contributed by atoms with Gasteiger partial charge >= 0.3 is 6.18 Å². The molecule has 1 aromatic rings. The van der Waals surface area contributed by atoms with E-state index in [2.05, 4.69) is 4.98 Å². The molecule has 1 N–H and O–H groups in total. The number of nitrogens with zero attached hydrogens (tertiary/aromatic N) is 1. The van der Waals surface area contributed by atoms with Gasteiger partial charge in [0.05, 0.1) is 12.3 Å². The molecule has 0 aromatic carbocycles. The zero-order chi connectivity index (χ0) is 14.4. The molecule has 1 aromatic heterocycles. The van der Waals surface area contributed by atoms with Crippen LogP contribution in [-0.2, 0) is 12.6 Å². The molecule has 0 aliphatic heterocycles. The van der Waals surface area contributed by atoms with Crippen molar-refractivity contribution >= 4 is 0 Å². The summed E-state index contributed by atoms with van der Waals surface area (Å²) >= 11 is 0. The lowest BCUT2D eigenvalue weighted by Crippen LogP contribution is -2.16. The van der Waals surface area contributed by atoms with Crippen molar-refractivity contribution in [3.05, 3.63) is 23.0 Å². The molecule has 106 valence electrons. The lowest BCUT2D eigenvalue weighted by molar-refractivity contribution is -0.143. The molecule has 0 saturated carbocycles. The van der Waals surface area contributed by atoms with Crippen molar-refractivity contribution in [1.82, 2.24) is 4.98 Å². The second-order valence-electron chi connectivity index (χ2n) is 4.69. The number of alkyl halides is 4. The van der Waals surface area contributed by atoms with Gasteiger partial charge in [0.25, 0.3) is 0 Å². The van der Waals surface area contributed by atoms with Crippen molar-refractivity contribution in [2.45, 2.75) is 44.8 Å². The van der Waals surface area contributed by atoms with Gasteiger partial charge in [0.15, 0.2) is 5.69 Å². The summed E-state index contributed by atoms with van der Waals surface area (Å²) < 4.78 is 57.2. The van der Waals surface area contributed by atoms with Crippen molar-refractivity contribution < 1.29 is 27.4 Å². The quantitative estimate of drug-likeness (QED) is 0.846. The predicted octanol–water partition coefficient (Wildman–Crippen LogP) is 2.82. The second-order valence-corrected chi connectivity index (χ2v) is 4.69. The Morgan fingerprint density at radius 1 is 1.42 bits per heavy atom. The van der Waals surface area contributed by atoms with Gasteiger partial charge in [-0.3, -0.25) is 0 Å². The SMILES string of the molecule is CC(C)Oc1cnc(C(F)(F)F)c2c1C[C@H](F)[C@H]2O. The number of aromatic nitrogens is 1. The van der Waals surface area contributed by atoms with Crippen LogP contribution >= 0.6 is 0 Å². The molecule has 0 amide bonds. The minimum absolute atomic E-state index is 0.0519. The van der Waals surface area contributed by atoms with Crippen LogP contribution in [0.5, 0.6) is 5.75 Å². The lowest BCUT2D eigenvalue weighted by atomic mass is 10.1. The van der Waals surface area contributed by atoms with E-state index in [4.69, 9.17) is 4.74 Å². The third kappa shape index (κ3) is 2.51. The Balaban J connectivity index is 2.57. The number of fused-ring (bicyclic) bond motifs is 1. The van der Waals surface area contributed by atoms with Gasteiger partial charge in [-0.2, -0.15) is 13.2 Å². The summed E-state index contributed by atoms with van der Waals surface area (Å²) in [7, 11) is 0. The van der Waals surface area contributed by atoms with E-state index in [1.54, 1.807) is 13.8 Å². The summed E-state index contributed by atoms with van der Waals surface area (Å²) in [5.74, 6) is 0.0946. The highest BCUT2D eigenvalue weighted by Crippen LogP contribution is 2.44. The molecule has 0 unspecified atom stereocenters. The van der Waals surface area contributed by atoms with E-state index in [1.807, 2.05) is 0 Å². The topological polar surface area (TPSA) is 42.4 Å². The van der Waals surface area contributed by atoms with Crippen molar-refractivity contribution in [3.8, 4) is 5.75 Å². The van der Waals surface area contributed by atoms with E-state index < -0.39 is 29.7 Å². The van der Waals surface area contributed by atoms with Crippen LogP contribution in [0.25, 0.3) is 0 Å². The highest BCUT2D eigenvalue weighted by molar-refractivity contribution is 5.47. The number of pyridine rings is 1. The molecule has 3 nitrogen and oxygen atoms in total. The van der Waals surface area contributed by atoms with Gasteiger partial charge in [-0.05, 0) is 13.8 Å². The van der Waals surface area contributed by atoms with E-state index in [-0.39, 0.29) is 23.8 Å². The lowest BCUT2D eigenvalue weighted by Gasteiger charge is -2.17. The Morgan fingerprint density at radius 3 is 2.58 bits per heavy atom. The summed E-state index contributed by atoms with van der Waals surface area (Å²) in [6.07, 6.45) is -7.95. The van der Waals surface area contributed by atoms with Gasteiger partial charge < -0.3 is 9.84 Å². The molecule has 0 fully saturated rings. The van der Waals surface area contributed by atoms with Crippen molar-refractivity contribution in [3.63, 3.8) is 0 Å². The number of hydrogen-bond donors (Lipinski definition) is 1. The predicted molar refractivity (Wildman–Crippen MR) is 58.6 cm³/mol. The normalized spacial score (nSPS) is 22.7. The van der Waals surface area contributed by atoms with Gasteiger partial charge in [0, 0.05) is 17.5 Å². The summed E-state index contributed by atoms with van der Waals surface area (Å²) in [6.45, 7) is 3.39. The van der Waals surface area contributed by atoms with Gasteiger partial charge in [0.1, 0.15) is 18.0 Å². The second kappa shape index (κ2) is 4.63. The Bertz CT molecular complexity index is 487. The molecule has 0 saturated heterocycles. The molecular formula is C12H13F4NO2. The highest BCUT2D eigenvalue weighted by Gasteiger charge is 2.44. The first kappa shape index (κ1) is 14.0.